The normalized spacial score (nSPS) is 42.7. The van der Waals surface area contributed by atoms with E-state index >= 15 is 0 Å². The number of fused-ring (bicyclic) bond motifs is 1. The van der Waals surface area contributed by atoms with Crippen molar-refractivity contribution in [2.75, 3.05) is 33.2 Å². The van der Waals surface area contributed by atoms with Crippen molar-refractivity contribution in [3.8, 4) is 0 Å². The van der Waals surface area contributed by atoms with E-state index in [1.807, 2.05) is 7.05 Å². The minimum Gasteiger partial charge on any atom is -0.270 e. The lowest BCUT2D eigenvalue weighted by atomic mass is 10.2. The van der Waals surface area contributed by atoms with E-state index in [1.165, 1.54) is 32.1 Å². The molecule has 3 saturated heterocycles. The number of likely N-dealkylation sites (N-methyl/N-ethyl adjacent to an activating group) is 1. The summed E-state index contributed by atoms with van der Waals surface area (Å²) in [5.41, 5.74) is 0. The maximum atomic E-state index is 13.3. The van der Waals surface area contributed by atoms with Gasteiger partial charge >= 0.3 is 0 Å². The summed E-state index contributed by atoms with van der Waals surface area (Å²) in [6, 6.07) is 0.567. The maximum absolute atomic E-state index is 13.3. The van der Waals surface area contributed by atoms with Gasteiger partial charge in [0, 0.05) is 32.2 Å². The Kier molecular flexibility index (Phi) is 2.87. The van der Waals surface area contributed by atoms with Gasteiger partial charge in [-0.25, -0.2) is 14.0 Å². The second-order valence-electron chi connectivity index (χ2n) is 5.33. The molecule has 3 heterocycles. The van der Waals surface area contributed by atoms with Crippen LogP contribution in [0, 0.1) is 0 Å². The van der Waals surface area contributed by atoms with Gasteiger partial charge in [0.2, 0.25) is 0 Å². The van der Waals surface area contributed by atoms with Crippen LogP contribution in [-0.2, 0) is 4.57 Å². The molecule has 0 aromatic heterocycles. The molecule has 2 atom stereocenters. The third-order valence-electron chi connectivity index (χ3n) is 4.30. The Morgan fingerprint density at radius 1 is 1.06 bits per heavy atom. The SMILES string of the molecule is CN1C[C@@H]2CCCN2[P@@]1(=O)N1CCCCC1. The highest BCUT2D eigenvalue weighted by Crippen LogP contribution is 2.63. The van der Waals surface area contributed by atoms with Crippen LogP contribution < -0.4 is 0 Å². The van der Waals surface area contributed by atoms with Crippen molar-refractivity contribution in [1.29, 1.82) is 0 Å². The fourth-order valence-electron chi connectivity index (χ4n) is 3.47. The second-order valence-corrected chi connectivity index (χ2v) is 8.12. The first-order valence-electron chi connectivity index (χ1n) is 6.57. The molecule has 92 valence electrons. The Hall–Kier alpha value is 0.110. The molecular formula is C11H22N3OP. The molecule has 4 nitrogen and oxygen atoms in total. The zero-order valence-electron chi connectivity index (χ0n) is 10.1. The molecule has 0 aromatic carbocycles. The summed E-state index contributed by atoms with van der Waals surface area (Å²) in [7, 11) is -0.291. The quantitative estimate of drug-likeness (QED) is 0.658. The summed E-state index contributed by atoms with van der Waals surface area (Å²) in [4.78, 5) is 0. The van der Waals surface area contributed by atoms with E-state index < -0.39 is 7.59 Å². The monoisotopic (exact) mass is 243 g/mol. The highest BCUT2D eigenvalue weighted by molar-refractivity contribution is 7.56. The molecule has 3 aliphatic heterocycles. The standard InChI is InChI=1S/C11H22N3OP/c1-12-10-11-6-5-9-14(11)16(12,15)13-7-3-2-4-8-13/h11H,2-10H2,1H3/t11-,16-/m0/s1. The summed E-state index contributed by atoms with van der Waals surface area (Å²) in [6.07, 6.45) is 6.22. The van der Waals surface area contributed by atoms with E-state index in [-0.39, 0.29) is 0 Å². The van der Waals surface area contributed by atoms with E-state index in [0.717, 1.165) is 26.2 Å². The van der Waals surface area contributed by atoms with Gasteiger partial charge in [0.05, 0.1) is 0 Å². The number of nitrogens with zero attached hydrogens (tertiary/aromatic N) is 3. The summed E-state index contributed by atoms with van der Waals surface area (Å²) in [5.74, 6) is 0. The van der Waals surface area contributed by atoms with E-state index in [0.29, 0.717) is 6.04 Å². The van der Waals surface area contributed by atoms with Crippen LogP contribution >= 0.6 is 7.59 Å². The van der Waals surface area contributed by atoms with Crippen LogP contribution in [0.3, 0.4) is 0 Å². The predicted molar refractivity (Wildman–Crippen MR) is 65.4 cm³/mol. The minimum absolute atomic E-state index is 0.567. The Morgan fingerprint density at radius 3 is 2.56 bits per heavy atom. The van der Waals surface area contributed by atoms with Crippen molar-refractivity contribution >= 4 is 7.59 Å². The summed E-state index contributed by atoms with van der Waals surface area (Å²) in [5, 5.41) is 0. The van der Waals surface area contributed by atoms with E-state index in [2.05, 4.69) is 14.0 Å². The Labute approximate surface area is 98.1 Å². The van der Waals surface area contributed by atoms with Crippen molar-refractivity contribution < 1.29 is 4.57 Å². The highest BCUT2D eigenvalue weighted by atomic mass is 31.2. The molecule has 0 bridgehead atoms. The lowest BCUT2D eigenvalue weighted by Crippen LogP contribution is -2.36. The molecule has 0 spiro atoms. The van der Waals surface area contributed by atoms with Gasteiger partial charge in [-0.05, 0) is 32.7 Å². The average Bonchev–Trinajstić information content (AvgIpc) is 2.85. The van der Waals surface area contributed by atoms with Gasteiger partial charge in [-0.15, -0.1) is 0 Å². The molecule has 3 fully saturated rings. The van der Waals surface area contributed by atoms with Gasteiger partial charge in [-0.2, -0.15) is 0 Å². The van der Waals surface area contributed by atoms with Crippen LogP contribution in [0.4, 0.5) is 0 Å². The topological polar surface area (TPSA) is 26.8 Å². The molecule has 5 heteroatoms. The largest absolute Gasteiger partial charge is 0.286 e. The Bertz CT molecular complexity index is 316. The lowest BCUT2D eigenvalue weighted by Gasteiger charge is -2.38. The van der Waals surface area contributed by atoms with Crippen molar-refractivity contribution in [2.45, 2.75) is 38.1 Å². The number of rotatable bonds is 1. The fourth-order valence-corrected chi connectivity index (χ4v) is 6.84. The zero-order chi connectivity index (χ0) is 11.2. The van der Waals surface area contributed by atoms with Crippen LogP contribution in [0.25, 0.3) is 0 Å². The van der Waals surface area contributed by atoms with Crippen LogP contribution in [-0.4, -0.2) is 53.3 Å². The molecule has 3 aliphatic rings. The molecule has 0 N–H and O–H groups in total. The third kappa shape index (κ3) is 1.51. The first kappa shape index (κ1) is 11.2. The first-order valence-corrected chi connectivity index (χ1v) is 8.13. The molecular weight excluding hydrogens is 221 g/mol. The van der Waals surface area contributed by atoms with Gasteiger partial charge in [0.15, 0.2) is 0 Å². The molecule has 0 amide bonds. The van der Waals surface area contributed by atoms with Crippen molar-refractivity contribution in [3.05, 3.63) is 0 Å². The van der Waals surface area contributed by atoms with Crippen LogP contribution in [0.5, 0.6) is 0 Å². The van der Waals surface area contributed by atoms with Gasteiger partial charge in [-0.3, -0.25) is 4.57 Å². The smallest absolute Gasteiger partial charge is 0.270 e. The van der Waals surface area contributed by atoms with Crippen molar-refractivity contribution in [1.82, 2.24) is 14.0 Å². The van der Waals surface area contributed by atoms with E-state index in [9.17, 15) is 4.57 Å². The average molecular weight is 243 g/mol. The molecule has 0 unspecified atom stereocenters. The molecule has 3 rings (SSSR count). The van der Waals surface area contributed by atoms with E-state index in [1.54, 1.807) is 0 Å². The van der Waals surface area contributed by atoms with Gasteiger partial charge in [0.25, 0.3) is 7.59 Å². The van der Waals surface area contributed by atoms with Crippen molar-refractivity contribution in [3.63, 3.8) is 0 Å². The van der Waals surface area contributed by atoms with Crippen molar-refractivity contribution in [2.24, 2.45) is 0 Å². The van der Waals surface area contributed by atoms with Gasteiger partial charge < -0.3 is 0 Å². The fraction of sp³-hybridized carbons (Fsp3) is 1.00. The summed E-state index contributed by atoms with van der Waals surface area (Å²) >= 11 is 0. The molecule has 0 radical (unpaired) electrons. The third-order valence-corrected chi connectivity index (χ3v) is 7.69. The first-order chi connectivity index (χ1) is 7.73. The van der Waals surface area contributed by atoms with Crippen LogP contribution in [0.2, 0.25) is 0 Å². The number of piperidine rings is 1. The van der Waals surface area contributed by atoms with Crippen LogP contribution in [0.1, 0.15) is 32.1 Å². The predicted octanol–water partition coefficient (Wildman–Crippen LogP) is 1.99. The molecule has 0 aliphatic carbocycles. The maximum Gasteiger partial charge on any atom is 0.286 e. The van der Waals surface area contributed by atoms with Crippen LogP contribution in [0.15, 0.2) is 0 Å². The van der Waals surface area contributed by atoms with Gasteiger partial charge in [-0.1, -0.05) is 6.42 Å². The number of hydrogen-bond acceptors (Lipinski definition) is 1. The lowest BCUT2D eigenvalue weighted by molar-refractivity contribution is 0.297. The zero-order valence-corrected chi connectivity index (χ0v) is 11.0. The second kappa shape index (κ2) is 4.09. The van der Waals surface area contributed by atoms with E-state index in [4.69, 9.17) is 0 Å². The molecule has 0 saturated carbocycles. The molecule has 16 heavy (non-hydrogen) atoms. The summed E-state index contributed by atoms with van der Waals surface area (Å²) in [6.45, 7) is 4.12. The minimum atomic E-state index is -2.34. The highest BCUT2D eigenvalue weighted by Gasteiger charge is 2.52. The molecule has 0 aromatic rings. The Balaban J connectivity index is 1.86. The number of hydrogen-bond donors (Lipinski definition) is 0. The van der Waals surface area contributed by atoms with Gasteiger partial charge in [0.1, 0.15) is 0 Å². The summed E-state index contributed by atoms with van der Waals surface area (Å²) < 4.78 is 20.0. The Morgan fingerprint density at radius 2 is 1.81 bits per heavy atom.